The highest BCUT2D eigenvalue weighted by Gasteiger charge is 2.31. The van der Waals surface area contributed by atoms with Gasteiger partial charge in [0.1, 0.15) is 28.8 Å². The number of ether oxygens (including phenoxy) is 2. The van der Waals surface area contributed by atoms with Crippen LogP contribution in [-0.2, 0) is 20.9 Å². The third-order valence-electron chi connectivity index (χ3n) is 3.63. The van der Waals surface area contributed by atoms with Gasteiger partial charge in [0.05, 0.1) is 7.11 Å². The fourth-order valence-corrected chi connectivity index (χ4v) is 2.86. The number of methoxy groups -OCH3 is 1. The van der Waals surface area contributed by atoms with E-state index in [-0.39, 0.29) is 5.92 Å². The zero-order chi connectivity index (χ0) is 19.9. The number of carbonyl (C=O) groups is 2. The molecular weight excluding hydrogens is 356 g/mol. The maximum atomic E-state index is 12.6. The van der Waals surface area contributed by atoms with Crippen molar-refractivity contribution in [1.82, 2.24) is 10.0 Å². The summed E-state index contributed by atoms with van der Waals surface area (Å²) in [5, 5.41) is 2.57. The van der Waals surface area contributed by atoms with Crippen molar-refractivity contribution in [2.75, 3.05) is 7.11 Å². The van der Waals surface area contributed by atoms with Gasteiger partial charge in [0, 0.05) is 0 Å². The van der Waals surface area contributed by atoms with E-state index in [1.54, 1.807) is 45.0 Å². The molecule has 0 radical (unpaired) electrons. The summed E-state index contributed by atoms with van der Waals surface area (Å²) in [4.78, 5) is 25.0. The standard InChI is InChI=1S/C18H28N2O5S/c1-7-12(2)15(19-17(22)25-18(3,4)5)16(21)20-26(23)14-10-8-13(24-6)9-11-14/h8-12,15H,7H2,1-6H3,(H,19,22)(H,20,21)/t12-,15-,26?/m0/s1. The Morgan fingerprint density at radius 2 is 1.81 bits per heavy atom. The average molecular weight is 384 g/mol. The molecule has 0 aliphatic rings. The monoisotopic (exact) mass is 384 g/mol. The fraction of sp³-hybridized carbons (Fsp3) is 0.556. The van der Waals surface area contributed by atoms with Crippen molar-refractivity contribution in [3.8, 4) is 5.75 Å². The Hall–Kier alpha value is -1.93. The molecular formula is C18H28N2O5S. The van der Waals surface area contributed by atoms with Crippen LogP contribution >= 0.6 is 0 Å². The van der Waals surface area contributed by atoms with Gasteiger partial charge < -0.3 is 19.3 Å². The lowest BCUT2D eigenvalue weighted by Crippen LogP contribution is -2.52. The van der Waals surface area contributed by atoms with Crippen LogP contribution in [-0.4, -0.2) is 35.3 Å². The third kappa shape index (κ3) is 7.13. The third-order valence-corrected chi connectivity index (χ3v) is 4.72. The van der Waals surface area contributed by atoms with Crippen molar-refractivity contribution in [1.29, 1.82) is 0 Å². The van der Waals surface area contributed by atoms with Gasteiger partial charge in [0.25, 0.3) is 5.91 Å². The number of benzene rings is 1. The van der Waals surface area contributed by atoms with Crippen LogP contribution in [0.1, 0.15) is 41.0 Å². The zero-order valence-corrected chi connectivity index (χ0v) is 16.9. The SMILES string of the molecule is CC[C@H](C)[C@H](NC(=O)OC(C)(C)C)C(=O)N[S+]([O-])c1ccc(OC)cc1. The number of alkyl carbamates (subject to hydrolysis) is 1. The predicted octanol–water partition coefficient (Wildman–Crippen LogP) is 2.77. The zero-order valence-electron chi connectivity index (χ0n) is 16.1. The first-order valence-corrected chi connectivity index (χ1v) is 9.58. The number of hydrogen-bond acceptors (Lipinski definition) is 5. The maximum absolute atomic E-state index is 12.6. The van der Waals surface area contributed by atoms with Gasteiger partial charge in [-0.3, -0.25) is 4.79 Å². The minimum Gasteiger partial charge on any atom is -0.588 e. The first kappa shape index (κ1) is 22.1. The molecule has 1 unspecified atom stereocenters. The van der Waals surface area contributed by atoms with E-state index >= 15 is 0 Å². The summed E-state index contributed by atoms with van der Waals surface area (Å²) >= 11 is -1.74. The molecule has 1 aromatic carbocycles. The fourth-order valence-electron chi connectivity index (χ4n) is 2.05. The summed E-state index contributed by atoms with van der Waals surface area (Å²) in [6, 6.07) is 5.68. The number of amides is 2. The minimum atomic E-state index is -1.74. The molecule has 0 saturated carbocycles. The first-order valence-electron chi connectivity index (χ1n) is 8.43. The second-order valence-electron chi connectivity index (χ2n) is 6.92. The molecule has 7 nitrogen and oxygen atoms in total. The highest BCUT2D eigenvalue weighted by atomic mass is 32.2. The summed E-state index contributed by atoms with van der Waals surface area (Å²) in [7, 11) is 1.53. The summed E-state index contributed by atoms with van der Waals surface area (Å²) in [5.74, 6) is -0.0594. The van der Waals surface area contributed by atoms with Gasteiger partial charge in [-0.15, -0.1) is 0 Å². The average Bonchev–Trinajstić information content (AvgIpc) is 2.57. The predicted molar refractivity (Wildman–Crippen MR) is 100 cm³/mol. The van der Waals surface area contributed by atoms with E-state index in [2.05, 4.69) is 10.0 Å². The van der Waals surface area contributed by atoms with Crippen LogP contribution < -0.4 is 14.8 Å². The molecule has 0 heterocycles. The Balaban J connectivity index is 2.79. The van der Waals surface area contributed by atoms with Crippen LogP contribution in [0, 0.1) is 5.92 Å². The lowest BCUT2D eigenvalue weighted by atomic mass is 9.99. The van der Waals surface area contributed by atoms with Gasteiger partial charge in [-0.25, -0.2) is 4.79 Å². The lowest BCUT2D eigenvalue weighted by Gasteiger charge is -2.26. The number of carbonyl (C=O) groups excluding carboxylic acids is 2. The second-order valence-corrected chi connectivity index (χ2v) is 8.13. The van der Waals surface area contributed by atoms with Crippen LogP contribution in [0.5, 0.6) is 5.75 Å². The molecule has 0 saturated heterocycles. The lowest BCUT2D eigenvalue weighted by molar-refractivity contribution is -0.122. The number of rotatable bonds is 7. The summed E-state index contributed by atoms with van der Waals surface area (Å²) in [6.45, 7) is 8.96. The summed E-state index contributed by atoms with van der Waals surface area (Å²) < 4.78 is 25.1. The Kier molecular flexibility index (Phi) is 8.23. The first-order chi connectivity index (χ1) is 12.1. The van der Waals surface area contributed by atoms with E-state index < -0.39 is 35.0 Å². The highest BCUT2D eigenvalue weighted by Crippen LogP contribution is 2.16. The molecule has 0 aliphatic carbocycles. The largest absolute Gasteiger partial charge is 0.588 e. The van der Waals surface area contributed by atoms with E-state index in [1.165, 1.54) is 7.11 Å². The van der Waals surface area contributed by atoms with E-state index in [9.17, 15) is 14.1 Å². The van der Waals surface area contributed by atoms with Gasteiger partial charge in [0.15, 0.2) is 4.90 Å². The summed E-state index contributed by atoms with van der Waals surface area (Å²) in [6.07, 6.45) is -0.0311. The van der Waals surface area contributed by atoms with Crippen molar-refractivity contribution in [3.63, 3.8) is 0 Å². The molecule has 0 fully saturated rings. The van der Waals surface area contributed by atoms with Crippen LogP contribution in [0.25, 0.3) is 0 Å². The van der Waals surface area contributed by atoms with Gasteiger partial charge in [0.2, 0.25) is 0 Å². The molecule has 0 aromatic heterocycles. The van der Waals surface area contributed by atoms with Crippen molar-refractivity contribution in [3.05, 3.63) is 24.3 Å². The van der Waals surface area contributed by atoms with E-state index in [0.29, 0.717) is 17.1 Å². The topological polar surface area (TPSA) is 99.7 Å². The molecule has 1 rings (SSSR count). The highest BCUT2D eigenvalue weighted by molar-refractivity contribution is 7.90. The van der Waals surface area contributed by atoms with Gasteiger partial charge >= 0.3 is 6.09 Å². The molecule has 0 spiro atoms. The van der Waals surface area contributed by atoms with Crippen LogP contribution in [0.4, 0.5) is 4.79 Å². The molecule has 8 heteroatoms. The Morgan fingerprint density at radius 3 is 2.27 bits per heavy atom. The molecule has 0 bridgehead atoms. The quantitative estimate of drug-likeness (QED) is 0.704. The molecule has 2 N–H and O–H groups in total. The van der Waals surface area contributed by atoms with E-state index in [4.69, 9.17) is 9.47 Å². The van der Waals surface area contributed by atoms with Crippen LogP contribution in [0.2, 0.25) is 0 Å². The molecule has 2 amide bonds. The van der Waals surface area contributed by atoms with Crippen molar-refractivity contribution >= 4 is 23.4 Å². The van der Waals surface area contributed by atoms with Crippen LogP contribution in [0.15, 0.2) is 29.2 Å². The molecule has 1 aromatic rings. The summed E-state index contributed by atoms with van der Waals surface area (Å²) in [5.41, 5.74) is -0.674. The van der Waals surface area contributed by atoms with Crippen LogP contribution in [0.3, 0.4) is 0 Å². The van der Waals surface area contributed by atoms with E-state index in [1.807, 2.05) is 13.8 Å². The van der Waals surface area contributed by atoms with Crippen molar-refractivity contribution < 1.29 is 23.6 Å². The smallest absolute Gasteiger partial charge is 0.408 e. The van der Waals surface area contributed by atoms with Gasteiger partial charge in [-0.05, 0) is 51.0 Å². The van der Waals surface area contributed by atoms with Crippen molar-refractivity contribution in [2.45, 2.75) is 57.6 Å². The van der Waals surface area contributed by atoms with Crippen molar-refractivity contribution in [2.24, 2.45) is 5.92 Å². The molecule has 3 atom stereocenters. The number of nitrogens with one attached hydrogen (secondary N) is 2. The van der Waals surface area contributed by atoms with E-state index in [0.717, 1.165) is 0 Å². The Morgan fingerprint density at radius 1 is 1.23 bits per heavy atom. The number of hydrogen-bond donors (Lipinski definition) is 2. The molecule has 0 aliphatic heterocycles. The maximum Gasteiger partial charge on any atom is 0.408 e. The minimum absolute atomic E-state index is 0.157. The normalized spacial score (nSPS) is 14.7. The molecule has 26 heavy (non-hydrogen) atoms. The van der Waals surface area contributed by atoms with Gasteiger partial charge in [-0.2, -0.15) is 4.72 Å². The van der Waals surface area contributed by atoms with Gasteiger partial charge in [-0.1, -0.05) is 20.3 Å². The molecule has 146 valence electrons. The Labute approximate surface area is 158 Å². The second kappa shape index (κ2) is 9.68. The Bertz CT molecular complexity index is 601.